The fraction of sp³-hybridized carbons (Fsp3) is 0.273. The van der Waals surface area contributed by atoms with Crippen LogP contribution in [-0.2, 0) is 4.79 Å². The number of halogens is 1. The van der Waals surface area contributed by atoms with Gasteiger partial charge < -0.3 is 10.6 Å². The number of hydrogen-bond acceptors (Lipinski definition) is 4. The second-order valence-electron chi connectivity index (χ2n) is 3.43. The van der Waals surface area contributed by atoms with E-state index in [9.17, 15) is 4.79 Å². The van der Waals surface area contributed by atoms with Crippen LogP contribution >= 0.6 is 27.7 Å². The number of amides is 1. The first-order valence-electron chi connectivity index (χ1n) is 5.21. The number of thioether (sulfide) groups is 1. The van der Waals surface area contributed by atoms with E-state index >= 15 is 0 Å². The van der Waals surface area contributed by atoms with Crippen molar-refractivity contribution in [3.05, 3.63) is 28.7 Å². The molecule has 0 aromatic heterocycles. The molecule has 0 unspecified atom stereocenters. The monoisotopic (exact) mass is 313 g/mol. The Morgan fingerprint density at radius 1 is 1.53 bits per heavy atom. The maximum Gasteiger partial charge on any atom is 0.234 e. The van der Waals surface area contributed by atoms with E-state index in [1.165, 1.54) is 11.8 Å². The van der Waals surface area contributed by atoms with E-state index in [4.69, 9.17) is 0 Å². The molecule has 0 atom stereocenters. The molecule has 1 aromatic carbocycles. The van der Waals surface area contributed by atoms with Gasteiger partial charge in [-0.3, -0.25) is 9.79 Å². The minimum atomic E-state index is -0.0294. The third-order valence-electron chi connectivity index (χ3n) is 2.13. The third-order valence-corrected chi connectivity index (χ3v) is 3.78. The number of carbonyl (C=O) groups is 1. The minimum Gasteiger partial charge on any atom is -0.363 e. The lowest BCUT2D eigenvalue weighted by atomic mass is 10.3. The molecule has 0 saturated heterocycles. The molecule has 0 fully saturated rings. The first-order valence-corrected chi connectivity index (χ1v) is 6.99. The average molecular weight is 314 g/mol. The van der Waals surface area contributed by atoms with E-state index in [1.54, 1.807) is 0 Å². The Hall–Kier alpha value is -1.01. The van der Waals surface area contributed by atoms with Crippen LogP contribution in [0.1, 0.15) is 0 Å². The summed E-state index contributed by atoms with van der Waals surface area (Å²) in [6.07, 6.45) is 0. The van der Waals surface area contributed by atoms with Crippen molar-refractivity contribution in [1.82, 2.24) is 5.32 Å². The molecule has 1 aromatic rings. The van der Waals surface area contributed by atoms with Crippen molar-refractivity contribution in [2.75, 3.05) is 24.2 Å². The van der Waals surface area contributed by atoms with Gasteiger partial charge in [0.1, 0.15) is 0 Å². The van der Waals surface area contributed by atoms with Crippen LogP contribution in [0.5, 0.6) is 0 Å². The van der Waals surface area contributed by atoms with Crippen LogP contribution < -0.4 is 10.6 Å². The Balaban J connectivity index is 1.83. The summed E-state index contributed by atoms with van der Waals surface area (Å²) in [6, 6.07) is 7.55. The van der Waals surface area contributed by atoms with Gasteiger partial charge in [-0.1, -0.05) is 23.9 Å². The molecule has 4 nitrogen and oxygen atoms in total. The van der Waals surface area contributed by atoms with Gasteiger partial charge in [-0.05, 0) is 28.1 Å². The SMILES string of the molecule is O=C(CSC1=NCCN1)Nc1ccccc1Br. The van der Waals surface area contributed by atoms with Crippen LogP contribution in [0.15, 0.2) is 33.7 Å². The number of benzene rings is 1. The molecule has 2 N–H and O–H groups in total. The highest BCUT2D eigenvalue weighted by atomic mass is 79.9. The molecule has 1 amide bonds. The fourth-order valence-corrected chi connectivity index (χ4v) is 2.47. The molecule has 1 aliphatic heterocycles. The van der Waals surface area contributed by atoms with E-state index in [0.717, 1.165) is 28.4 Å². The summed E-state index contributed by atoms with van der Waals surface area (Å²) >= 11 is 4.81. The first-order chi connectivity index (χ1) is 8.25. The van der Waals surface area contributed by atoms with Crippen LogP contribution in [0, 0.1) is 0 Å². The Labute approximate surface area is 112 Å². The number of rotatable bonds is 3. The highest BCUT2D eigenvalue weighted by Crippen LogP contribution is 2.21. The largest absolute Gasteiger partial charge is 0.363 e. The van der Waals surface area contributed by atoms with Gasteiger partial charge in [0.05, 0.1) is 18.0 Å². The van der Waals surface area contributed by atoms with E-state index in [1.807, 2.05) is 24.3 Å². The summed E-state index contributed by atoms with van der Waals surface area (Å²) in [4.78, 5) is 15.9. The van der Waals surface area contributed by atoms with E-state index in [-0.39, 0.29) is 5.91 Å². The summed E-state index contributed by atoms with van der Waals surface area (Å²) in [5, 5.41) is 6.81. The zero-order valence-electron chi connectivity index (χ0n) is 9.07. The molecule has 0 radical (unpaired) electrons. The third kappa shape index (κ3) is 3.74. The van der Waals surface area contributed by atoms with Crippen LogP contribution in [0.25, 0.3) is 0 Å². The summed E-state index contributed by atoms with van der Waals surface area (Å²) in [7, 11) is 0. The predicted molar refractivity (Wildman–Crippen MR) is 75.5 cm³/mol. The lowest BCUT2D eigenvalue weighted by Gasteiger charge is -2.06. The predicted octanol–water partition coefficient (Wildman–Crippen LogP) is 2.08. The quantitative estimate of drug-likeness (QED) is 0.898. The van der Waals surface area contributed by atoms with E-state index in [2.05, 4.69) is 31.6 Å². The average Bonchev–Trinajstić information content (AvgIpc) is 2.82. The van der Waals surface area contributed by atoms with Gasteiger partial charge in [-0.2, -0.15) is 0 Å². The molecule has 0 bridgehead atoms. The topological polar surface area (TPSA) is 53.5 Å². The van der Waals surface area contributed by atoms with Crippen LogP contribution in [-0.4, -0.2) is 29.9 Å². The summed E-state index contributed by atoms with van der Waals surface area (Å²) in [6.45, 7) is 1.67. The lowest BCUT2D eigenvalue weighted by molar-refractivity contribution is -0.113. The summed E-state index contributed by atoms with van der Waals surface area (Å²) < 4.78 is 0.884. The van der Waals surface area contributed by atoms with Crippen LogP contribution in [0.3, 0.4) is 0 Å². The van der Waals surface area contributed by atoms with Gasteiger partial charge in [-0.15, -0.1) is 0 Å². The zero-order valence-corrected chi connectivity index (χ0v) is 11.5. The summed E-state index contributed by atoms with van der Waals surface area (Å²) in [5.41, 5.74) is 0.791. The number of anilines is 1. The van der Waals surface area contributed by atoms with Crippen molar-refractivity contribution in [1.29, 1.82) is 0 Å². The molecule has 0 aliphatic carbocycles. The molecule has 1 aliphatic rings. The second kappa shape index (κ2) is 6.07. The number of amidine groups is 1. The van der Waals surface area contributed by atoms with Crippen molar-refractivity contribution in [3.8, 4) is 0 Å². The van der Waals surface area contributed by atoms with Crippen LogP contribution in [0.2, 0.25) is 0 Å². The maximum absolute atomic E-state index is 11.7. The Kier molecular flexibility index (Phi) is 4.44. The smallest absolute Gasteiger partial charge is 0.234 e. The molecule has 1 heterocycles. The number of hydrogen-bond donors (Lipinski definition) is 2. The number of nitrogens with one attached hydrogen (secondary N) is 2. The van der Waals surface area contributed by atoms with E-state index < -0.39 is 0 Å². The van der Waals surface area contributed by atoms with Crippen molar-refractivity contribution in [2.45, 2.75) is 0 Å². The Morgan fingerprint density at radius 2 is 2.35 bits per heavy atom. The molecule has 17 heavy (non-hydrogen) atoms. The normalized spacial score (nSPS) is 14.1. The van der Waals surface area contributed by atoms with Gasteiger partial charge >= 0.3 is 0 Å². The highest BCUT2D eigenvalue weighted by Gasteiger charge is 2.09. The van der Waals surface area contributed by atoms with Gasteiger partial charge in [0.25, 0.3) is 0 Å². The molecule has 6 heteroatoms. The van der Waals surface area contributed by atoms with Gasteiger partial charge in [0, 0.05) is 11.0 Å². The van der Waals surface area contributed by atoms with Crippen molar-refractivity contribution in [3.63, 3.8) is 0 Å². The Morgan fingerprint density at radius 3 is 3.06 bits per heavy atom. The van der Waals surface area contributed by atoms with Gasteiger partial charge in [0.2, 0.25) is 5.91 Å². The van der Waals surface area contributed by atoms with Crippen molar-refractivity contribution in [2.24, 2.45) is 4.99 Å². The molecule has 0 spiro atoms. The van der Waals surface area contributed by atoms with Gasteiger partial charge in [-0.25, -0.2) is 0 Å². The number of aliphatic imine (C=N–C) groups is 1. The van der Waals surface area contributed by atoms with Crippen molar-refractivity contribution < 1.29 is 4.79 Å². The van der Waals surface area contributed by atoms with Crippen LogP contribution in [0.4, 0.5) is 5.69 Å². The zero-order chi connectivity index (χ0) is 12.1. The second-order valence-corrected chi connectivity index (χ2v) is 5.25. The molecule has 2 rings (SSSR count). The number of carbonyl (C=O) groups excluding carboxylic acids is 1. The number of para-hydroxylation sites is 1. The standard InChI is InChI=1S/C11H12BrN3OS/c12-8-3-1-2-4-9(8)15-10(16)7-17-11-13-5-6-14-11/h1-4H,5-7H2,(H,13,14)(H,15,16). The summed E-state index contributed by atoms with van der Waals surface area (Å²) in [5.74, 6) is 0.339. The molecule has 90 valence electrons. The van der Waals surface area contributed by atoms with Gasteiger partial charge in [0.15, 0.2) is 5.17 Å². The lowest BCUT2D eigenvalue weighted by Crippen LogP contribution is -2.20. The minimum absolute atomic E-state index is 0.0294. The van der Waals surface area contributed by atoms with Crippen molar-refractivity contribution >= 4 is 44.5 Å². The number of nitrogens with zero attached hydrogens (tertiary/aromatic N) is 1. The highest BCUT2D eigenvalue weighted by molar-refractivity contribution is 9.10. The molecular weight excluding hydrogens is 302 g/mol. The molecule has 0 saturated carbocycles. The first kappa shape index (κ1) is 12.4. The molecular formula is C11H12BrN3OS. The Bertz CT molecular complexity index is 450. The maximum atomic E-state index is 11.7. The van der Waals surface area contributed by atoms with E-state index in [0.29, 0.717) is 5.75 Å². The fourth-order valence-electron chi connectivity index (χ4n) is 1.36.